The quantitative estimate of drug-likeness (QED) is 0.729. The van der Waals surface area contributed by atoms with E-state index in [9.17, 15) is 4.79 Å². The molecule has 0 fully saturated rings. The summed E-state index contributed by atoms with van der Waals surface area (Å²) in [5, 5.41) is 3.86. The smallest absolute Gasteiger partial charge is 0.164 e. The van der Waals surface area contributed by atoms with Crippen LogP contribution in [-0.4, -0.2) is 5.78 Å². The van der Waals surface area contributed by atoms with E-state index in [-0.39, 0.29) is 5.78 Å². The minimum absolute atomic E-state index is 0.238. The van der Waals surface area contributed by atoms with Gasteiger partial charge in [-0.15, -0.1) is 0 Å². The first-order valence-electron chi connectivity index (χ1n) is 5.36. The molecule has 82 valence electrons. The Bertz CT molecular complexity index is 454. The Balaban J connectivity index is 1.93. The average Bonchev–Trinajstić information content (AvgIpc) is 2.81. The number of hydrogen-bond acceptors (Lipinski definition) is 2. The fraction of sp³-hybridized carbons (Fsp3) is 0.214. The molecule has 0 unspecified atom stereocenters. The fourth-order valence-electron chi connectivity index (χ4n) is 1.58. The van der Waals surface area contributed by atoms with E-state index < -0.39 is 0 Å². The second-order valence-corrected chi connectivity index (χ2v) is 4.70. The highest BCUT2D eigenvalue weighted by Crippen LogP contribution is 2.12. The lowest BCUT2D eigenvalue weighted by molar-refractivity contribution is 0.0983. The highest BCUT2D eigenvalue weighted by molar-refractivity contribution is 7.08. The second kappa shape index (κ2) is 5.08. The molecule has 1 aromatic carbocycles. The van der Waals surface area contributed by atoms with Gasteiger partial charge in [0.25, 0.3) is 0 Å². The molecule has 0 aliphatic carbocycles. The van der Waals surface area contributed by atoms with Crippen LogP contribution >= 0.6 is 11.3 Å². The first kappa shape index (κ1) is 11.1. The van der Waals surface area contributed by atoms with Gasteiger partial charge in [-0.05, 0) is 30.4 Å². The Morgan fingerprint density at radius 1 is 1.19 bits per heavy atom. The van der Waals surface area contributed by atoms with Gasteiger partial charge in [0.1, 0.15) is 0 Å². The Kier molecular flexibility index (Phi) is 3.52. The lowest BCUT2D eigenvalue weighted by Gasteiger charge is -2.00. The molecule has 0 radical (unpaired) electrons. The van der Waals surface area contributed by atoms with Gasteiger partial charge in [0, 0.05) is 17.4 Å². The van der Waals surface area contributed by atoms with Crippen molar-refractivity contribution in [3.05, 3.63) is 57.8 Å². The molecule has 1 heterocycles. The number of rotatable bonds is 4. The van der Waals surface area contributed by atoms with Crippen LogP contribution in [0.3, 0.4) is 0 Å². The molecule has 0 saturated carbocycles. The highest BCUT2D eigenvalue weighted by Gasteiger charge is 2.05. The van der Waals surface area contributed by atoms with E-state index in [1.54, 1.807) is 11.3 Å². The summed E-state index contributed by atoms with van der Waals surface area (Å²) in [5.74, 6) is 0.238. The molecule has 2 aromatic rings. The SMILES string of the molecule is Cc1ccc(CCC(=O)c2ccsc2)cc1. The van der Waals surface area contributed by atoms with E-state index in [1.165, 1.54) is 11.1 Å². The van der Waals surface area contributed by atoms with E-state index in [1.807, 2.05) is 16.8 Å². The fourth-order valence-corrected chi connectivity index (χ4v) is 2.24. The van der Waals surface area contributed by atoms with Gasteiger partial charge in [0.05, 0.1) is 0 Å². The number of benzene rings is 1. The monoisotopic (exact) mass is 230 g/mol. The molecule has 1 nitrogen and oxygen atoms in total. The number of Topliss-reactive ketones (excluding diaryl/α,β-unsaturated/α-hetero) is 1. The first-order chi connectivity index (χ1) is 7.75. The van der Waals surface area contributed by atoms with Crippen LogP contribution in [0.25, 0.3) is 0 Å². The first-order valence-corrected chi connectivity index (χ1v) is 6.31. The third-order valence-electron chi connectivity index (χ3n) is 2.60. The van der Waals surface area contributed by atoms with Crippen molar-refractivity contribution in [2.45, 2.75) is 19.8 Å². The molecular weight excluding hydrogens is 216 g/mol. The van der Waals surface area contributed by atoms with Crippen molar-refractivity contribution in [3.8, 4) is 0 Å². The zero-order chi connectivity index (χ0) is 11.4. The third kappa shape index (κ3) is 2.80. The van der Waals surface area contributed by atoms with Crippen molar-refractivity contribution < 1.29 is 4.79 Å². The number of carbonyl (C=O) groups is 1. The van der Waals surface area contributed by atoms with Crippen molar-refractivity contribution >= 4 is 17.1 Å². The van der Waals surface area contributed by atoms with Crippen molar-refractivity contribution in [1.82, 2.24) is 0 Å². The second-order valence-electron chi connectivity index (χ2n) is 3.92. The Hall–Kier alpha value is -1.41. The zero-order valence-corrected chi connectivity index (χ0v) is 10.1. The maximum atomic E-state index is 11.8. The van der Waals surface area contributed by atoms with Gasteiger partial charge in [0.2, 0.25) is 0 Å². The molecule has 0 saturated heterocycles. The van der Waals surface area contributed by atoms with Crippen LogP contribution in [0.4, 0.5) is 0 Å². The van der Waals surface area contributed by atoms with Gasteiger partial charge in [-0.25, -0.2) is 0 Å². The summed E-state index contributed by atoms with van der Waals surface area (Å²) in [6.07, 6.45) is 1.43. The van der Waals surface area contributed by atoms with Crippen LogP contribution in [0.1, 0.15) is 27.9 Å². The zero-order valence-electron chi connectivity index (χ0n) is 9.27. The molecule has 0 spiro atoms. The van der Waals surface area contributed by atoms with Crippen molar-refractivity contribution in [1.29, 1.82) is 0 Å². The van der Waals surface area contributed by atoms with Crippen LogP contribution in [0.5, 0.6) is 0 Å². The summed E-state index contributed by atoms with van der Waals surface area (Å²) < 4.78 is 0. The Labute approximate surface area is 99.8 Å². The molecule has 0 atom stereocenters. The molecule has 16 heavy (non-hydrogen) atoms. The summed E-state index contributed by atoms with van der Waals surface area (Å²) in [6, 6.07) is 10.3. The van der Waals surface area contributed by atoms with Crippen LogP contribution in [-0.2, 0) is 6.42 Å². The van der Waals surface area contributed by atoms with Gasteiger partial charge in [0.15, 0.2) is 5.78 Å². The van der Waals surface area contributed by atoms with Gasteiger partial charge in [-0.1, -0.05) is 29.8 Å². The van der Waals surface area contributed by atoms with Crippen LogP contribution < -0.4 is 0 Å². The lowest BCUT2D eigenvalue weighted by atomic mass is 10.0. The van der Waals surface area contributed by atoms with Crippen LogP contribution in [0.15, 0.2) is 41.1 Å². The van der Waals surface area contributed by atoms with Gasteiger partial charge in [-0.2, -0.15) is 11.3 Å². The van der Waals surface area contributed by atoms with Crippen molar-refractivity contribution in [2.24, 2.45) is 0 Å². The third-order valence-corrected chi connectivity index (χ3v) is 3.29. The van der Waals surface area contributed by atoms with E-state index >= 15 is 0 Å². The lowest BCUT2D eigenvalue weighted by Crippen LogP contribution is -1.99. The predicted molar refractivity (Wildman–Crippen MR) is 68.1 cm³/mol. The Morgan fingerprint density at radius 3 is 2.56 bits per heavy atom. The van der Waals surface area contributed by atoms with Gasteiger partial charge < -0.3 is 0 Å². The van der Waals surface area contributed by atoms with Crippen LogP contribution in [0, 0.1) is 6.92 Å². The standard InChI is InChI=1S/C14H14OS/c1-11-2-4-12(5-3-11)6-7-14(15)13-8-9-16-10-13/h2-5,8-10H,6-7H2,1H3. The van der Waals surface area contributed by atoms with E-state index in [4.69, 9.17) is 0 Å². The minimum Gasteiger partial charge on any atom is -0.294 e. The van der Waals surface area contributed by atoms with Crippen molar-refractivity contribution in [2.75, 3.05) is 0 Å². The molecule has 0 N–H and O–H groups in total. The molecule has 2 heteroatoms. The molecule has 0 bridgehead atoms. The van der Waals surface area contributed by atoms with E-state index in [0.717, 1.165) is 12.0 Å². The maximum Gasteiger partial charge on any atom is 0.164 e. The van der Waals surface area contributed by atoms with Gasteiger partial charge >= 0.3 is 0 Å². The normalized spacial score (nSPS) is 10.3. The molecular formula is C14H14OS. The molecule has 1 aromatic heterocycles. The summed E-state index contributed by atoms with van der Waals surface area (Å²) in [4.78, 5) is 11.8. The number of ketones is 1. The molecule has 2 rings (SSSR count). The molecule has 0 amide bonds. The van der Waals surface area contributed by atoms with Crippen LogP contribution in [0.2, 0.25) is 0 Å². The summed E-state index contributed by atoms with van der Waals surface area (Å²) >= 11 is 1.57. The number of aryl methyl sites for hydroxylation is 2. The summed E-state index contributed by atoms with van der Waals surface area (Å²) in [6.45, 7) is 2.07. The van der Waals surface area contributed by atoms with Crippen molar-refractivity contribution in [3.63, 3.8) is 0 Å². The molecule has 0 aliphatic heterocycles. The van der Waals surface area contributed by atoms with Gasteiger partial charge in [-0.3, -0.25) is 4.79 Å². The number of thiophene rings is 1. The summed E-state index contributed by atoms with van der Waals surface area (Å²) in [7, 11) is 0. The number of hydrogen-bond donors (Lipinski definition) is 0. The highest BCUT2D eigenvalue weighted by atomic mass is 32.1. The predicted octanol–water partition coefficient (Wildman–Crippen LogP) is 3.87. The van der Waals surface area contributed by atoms with E-state index in [0.29, 0.717) is 6.42 Å². The minimum atomic E-state index is 0.238. The van der Waals surface area contributed by atoms with E-state index in [2.05, 4.69) is 31.2 Å². The largest absolute Gasteiger partial charge is 0.294 e. The Morgan fingerprint density at radius 2 is 1.94 bits per heavy atom. The topological polar surface area (TPSA) is 17.1 Å². The maximum absolute atomic E-state index is 11.8. The summed E-state index contributed by atoms with van der Waals surface area (Å²) in [5.41, 5.74) is 3.33. The number of carbonyl (C=O) groups excluding carboxylic acids is 1. The average molecular weight is 230 g/mol. The molecule has 0 aliphatic rings.